The number of aliphatic hydroxyl groups excluding tert-OH is 1. The highest BCUT2D eigenvalue weighted by Crippen LogP contribution is 2.37. The van der Waals surface area contributed by atoms with E-state index < -0.39 is 12.1 Å². The molecule has 0 aromatic heterocycles. The molecule has 0 saturated heterocycles. The van der Waals surface area contributed by atoms with Crippen molar-refractivity contribution in [1.82, 2.24) is 0 Å². The second-order valence-electron chi connectivity index (χ2n) is 6.26. The van der Waals surface area contributed by atoms with Crippen molar-refractivity contribution in [3.05, 3.63) is 21.8 Å². The number of alkyl halides is 2. The number of nitrogens with zero attached hydrogens (tertiary/aromatic N) is 2. The fourth-order valence-electron chi connectivity index (χ4n) is 3.44. The minimum atomic E-state index is -0.493. The van der Waals surface area contributed by atoms with Crippen LogP contribution in [0.5, 0.6) is 0 Å². The molecule has 0 aliphatic heterocycles. The molecule has 4 unspecified atom stereocenters. The topological polar surface area (TPSA) is 87.2 Å². The molecule has 0 bridgehead atoms. The number of rotatable bonds is 3. The Morgan fingerprint density at radius 2 is 1.91 bits per heavy atom. The number of halogens is 2. The quantitative estimate of drug-likeness (QED) is 0.317. The summed E-state index contributed by atoms with van der Waals surface area (Å²) < 4.78 is 0. The minimum Gasteiger partial charge on any atom is -0.391 e. The van der Waals surface area contributed by atoms with Crippen molar-refractivity contribution in [3.8, 4) is 6.07 Å². The summed E-state index contributed by atoms with van der Waals surface area (Å²) in [5, 5.41) is 30.6. The summed E-state index contributed by atoms with van der Waals surface area (Å²) in [5.74, 6) is 0.0447. The van der Waals surface area contributed by atoms with E-state index in [1.54, 1.807) is 0 Å². The van der Waals surface area contributed by atoms with Gasteiger partial charge in [0.1, 0.15) is 0 Å². The lowest BCUT2D eigenvalue weighted by atomic mass is 9.78. The van der Waals surface area contributed by atoms with Crippen LogP contribution in [0, 0.1) is 33.3 Å². The van der Waals surface area contributed by atoms with Gasteiger partial charge in [-0.15, -0.1) is 0 Å². The van der Waals surface area contributed by atoms with Crippen LogP contribution >= 0.6 is 31.9 Å². The van der Waals surface area contributed by atoms with E-state index in [0.29, 0.717) is 36.1 Å². The van der Waals surface area contributed by atoms with Crippen LogP contribution in [-0.4, -0.2) is 31.8 Å². The van der Waals surface area contributed by atoms with Crippen molar-refractivity contribution in [1.29, 1.82) is 5.26 Å². The van der Waals surface area contributed by atoms with E-state index in [2.05, 4.69) is 37.9 Å². The maximum absolute atomic E-state index is 10.8. The van der Waals surface area contributed by atoms with E-state index in [1.165, 1.54) is 0 Å². The second kappa shape index (κ2) is 7.89. The first-order valence-electron chi connectivity index (χ1n) is 7.63. The molecule has 5 nitrogen and oxygen atoms in total. The summed E-state index contributed by atoms with van der Waals surface area (Å²) in [4.78, 5) is 11.0. The Morgan fingerprint density at radius 1 is 1.27 bits per heavy atom. The van der Waals surface area contributed by atoms with Gasteiger partial charge in [0.15, 0.2) is 0 Å². The van der Waals surface area contributed by atoms with Crippen molar-refractivity contribution < 1.29 is 10.0 Å². The molecule has 0 radical (unpaired) electrons. The molecule has 122 valence electrons. The van der Waals surface area contributed by atoms with Gasteiger partial charge in [-0.3, -0.25) is 10.1 Å². The molecular weight excluding hydrogens is 416 g/mol. The van der Waals surface area contributed by atoms with Gasteiger partial charge in [-0.2, -0.15) is 5.26 Å². The summed E-state index contributed by atoms with van der Waals surface area (Å²) in [6.45, 7) is 0. The van der Waals surface area contributed by atoms with E-state index in [0.717, 1.165) is 12.8 Å². The van der Waals surface area contributed by atoms with E-state index in [9.17, 15) is 20.5 Å². The average Bonchev–Trinajstić information content (AvgIpc) is 2.49. The van der Waals surface area contributed by atoms with Crippen molar-refractivity contribution in [2.75, 3.05) is 0 Å². The molecule has 0 amide bonds. The number of hydrogen-bond donors (Lipinski definition) is 1. The zero-order valence-electron chi connectivity index (χ0n) is 12.2. The highest BCUT2D eigenvalue weighted by molar-refractivity contribution is 9.10. The fourth-order valence-corrected chi connectivity index (χ4v) is 5.62. The van der Waals surface area contributed by atoms with Gasteiger partial charge in [-0.1, -0.05) is 37.9 Å². The lowest BCUT2D eigenvalue weighted by Gasteiger charge is -2.34. The van der Waals surface area contributed by atoms with Crippen LogP contribution in [0.4, 0.5) is 0 Å². The molecule has 1 N–H and O–H groups in total. The van der Waals surface area contributed by atoms with Crippen molar-refractivity contribution >= 4 is 31.9 Å². The maximum atomic E-state index is 10.8. The predicted octanol–water partition coefficient (Wildman–Crippen LogP) is 3.57. The first-order chi connectivity index (χ1) is 10.4. The second-order valence-corrected chi connectivity index (χ2v) is 8.73. The predicted molar refractivity (Wildman–Crippen MR) is 90.6 cm³/mol. The fraction of sp³-hybridized carbons (Fsp3) is 0.800. The van der Waals surface area contributed by atoms with Crippen LogP contribution in [0.2, 0.25) is 0 Å². The molecule has 2 fully saturated rings. The molecule has 0 spiro atoms. The van der Waals surface area contributed by atoms with E-state index in [1.807, 2.05) is 6.08 Å². The Kier molecular flexibility index (Phi) is 6.42. The molecule has 0 heterocycles. The maximum Gasteiger partial charge on any atom is 0.213 e. The van der Waals surface area contributed by atoms with E-state index in [4.69, 9.17) is 0 Å². The zero-order valence-corrected chi connectivity index (χ0v) is 15.4. The van der Waals surface area contributed by atoms with Gasteiger partial charge < -0.3 is 5.11 Å². The molecule has 4 atom stereocenters. The van der Waals surface area contributed by atoms with Crippen LogP contribution in [0.1, 0.15) is 38.5 Å². The third kappa shape index (κ3) is 4.30. The number of hydrogen-bond acceptors (Lipinski definition) is 4. The molecule has 2 aliphatic rings. The number of nitriles is 1. The van der Waals surface area contributed by atoms with Crippen LogP contribution < -0.4 is 0 Å². The van der Waals surface area contributed by atoms with E-state index in [-0.39, 0.29) is 21.6 Å². The molecule has 2 rings (SSSR count). The smallest absolute Gasteiger partial charge is 0.213 e. The molecule has 0 aromatic carbocycles. The molecule has 2 aliphatic carbocycles. The van der Waals surface area contributed by atoms with Gasteiger partial charge in [-0.25, -0.2) is 0 Å². The van der Waals surface area contributed by atoms with Crippen LogP contribution in [0.25, 0.3) is 0 Å². The van der Waals surface area contributed by atoms with Gasteiger partial charge in [0.2, 0.25) is 6.04 Å². The SMILES string of the molecule is N#C/C(=C\C1CC(Br)CC(Br)C1O)C1CCC([N+](=O)[O-])CC1. The first-order valence-corrected chi connectivity index (χ1v) is 9.47. The number of nitro groups is 1. The summed E-state index contributed by atoms with van der Waals surface area (Å²) in [6, 6.07) is 1.80. The molecular formula is C15H20Br2N2O3. The molecule has 22 heavy (non-hydrogen) atoms. The Morgan fingerprint density at radius 3 is 2.45 bits per heavy atom. The van der Waals surface area contributed by atoms with Crippen LogP contribution in [-0.2, 0) is 0 Å². The van der Waals surface area contributed by atoms with E-state index >= 15 is 0 Å². The summed E-state index contributed by atoms with van der Waals surface area (Å²) in [5.41, 5.74) is 0.687. The Bertz CT molecular complexity index is 484. The highest BCUT2D eigenvalue weighted by atomic mass is 79.9. The van der Waals surface area contributed by atoms with Gasteiger partial charge in [-0.05, 0) is 31.6 Å². The van der Waals surface area contributed by atoms with Gasteiger partial charge in [0, 0.05) is 38.9 Å². The lowest BCUT2D eigenvalue weighted by molar-refractivity contribution is -0.526. The lowest BCUT2D eigenvalue weighted by Crippen LogP contribution is -2.37. The van der Waals surface area contributed by atoms with Crippen molar-refractivity contribution in [2.24, 2.45) is 11.8 Å². The highest BCUT2D eigenvalue weighted by Gasteiger charge is 2.35. The molecule has 0 aromatic rings. The minimum absolute atomic E-state index is 0.0250. The van der Waals surface area contributed by atoms with Crippen LogP contribution in [0.15, 0.2) is 11.6 Å². The monoisotopic (exact) mass is 434 g/mol. The standard InChI is InChI=1S/C15H20Br2N2O3/c16-12-6-10(15(20)14(17)7-12)5-11(8-18)9-1-3-13(4-2-9)19(21)22/h5,9-10,12-15,20H,1-4,6-7H2/b11-5+. The third-order valence-electron chi connectivity index (χ3n) is 4.78. The molecule has 2 saturated carbocycles. The summed E-state index contributed by atoms with van der Waals surface area (Å²) in [6.07, 6.45) is 5.51. The Hall–Kier alpha value is -0.450. The first kappa shape index (κ1) is 17.9. The van der Waals surface area contributed by atoms with Crippen LogP contribution in [0.3, 0.4) is 0 Å². The molecule has 7 heteroatoms. The Balaban J connectivity index is 2.05. The third-order valence-corrected chi connectivity index (χ3v) is 6.44. The summed E-state index contributed by atoms with van der Waals surface area (Å²) >= 11 is 7.10. The van der Waals surface area contributed by atoms with Crippen molar-refractivity contribution in [3.63, 3.8) is 0 Å². The van der Waals surface area contributed by atoms with Crippen molar-refractivity contribution in [2.45, 2.75) is 60.3 Å². The van der Waals surface area contributed by atoms with Gasteiger partial charge >= 0.3 is 0 Å². The van der Waals surface area contributed by atoms with Gasteiger partial charge in [0.25, 0.3) is 0 Å². The normalized spacial score (nSPS) is 40.0. The number of aliphatic hydroxyl groups is 1. The average molecular weight is 436 g/mol. The Labute approximate surface area is 147 Å². The number of allylic oxidation sites excluding steroid dienone is 1. The largest absolute Gasteiger partial charge is 0.391 e. The van der Waals surface area contributed by atoms with Gasteiger partial charge in [0.05, 0.1) is 12.2 Å². The summed E-state index contributed by atoms with van der Waals surface area (Å²) in [7, 11) is 0. The zero-order chi connectivity index (χ0) is 16.3.